The van der Waals surface area contributed by atoms with Crippen LogP contribution in [0, 0.1) is 0 Å². The summed E-state index contributed by atoms with van der Waals surface area (Å²) in [5.41, 5.74) is 1.32. The number of benzene rings is 1. The summed E-state index contributed by atoms with van der Waals surface area (Å²) in [6.07, 6.45) is 3.07. The second-order valence-corrected chi connectivity index (χ2v) is 7.24. The highest BCUT2D eigenvalue weighted by Gasteiger charge is 2.23. The van der Waals surface area contributed by atoms with Gasteiger partial charge in [0.2, 0.25) is 5.75 Å². The van der Waals surface area contributed by atoms with E-state index >= 15 is 0 Å². The molecule has 0 bridgehead atoms. The zero-order valence-corrected chi connectivity index (χ0v) is 19.1. The van der Waals surface area contributed by atoms with Crippen LogP contribution in [-0.2, 0) is 9.53 Å². The van der Waals surface area contributed by atoms with E-state index in [0.29, 0.717) is 34.4 Å². The molecule has 0 radical (unpaired) electrons. The minimum Gasteiger partial charge on any atom is -0.493 e. The predicted octanol–water partition coefficient (Wildman–Crippen LogP) is 3.21. The Labute approximate surface area is 191 Å². The van der Waals surface area contributed by atoms with Crippen molar-refractivity contribution in [3.05, 3.63) is 54.0 Å². The topological polar surface area (TPSA) is 114 Å². The quantitative estimate of drug-likeness (QED) is 0.490. The molecule has 0 fully saturated rings. The van der Waals surface area contributed by atoms with Crippen molar-refractivity contribution in [2.24, 2.45) is 0 Å². The Morgan fingerprint density at radius 2 is 1.76 bits per heavy atom. The van der Waals surface area contributed by atoms with E-state index in [1.165, 1.54) is 27.5 Å². The molecule has 10 nitrogen and oxygen atoms in total. The molecule has 33 heavy (non-hydrogen) atoms. The summed E-state index contributed by atoms with van der Waals surface area (Å²) in [5.74, 6) is 0.531. The molecule has 3 rings (SSSR count). The van der Waals surface area contributed by atoms with E-state index in [1.807, 2.05) is 19.9 Å². The number of aromatic nitrogens is 3. The van der Waals surface area contributed by atoms with Crippen molar-refractivity contribution >= 4 is 17.6 Å². The summed E-state index contributed by atoms with van der Waals surface area (Å²) < 4.78 is 22.7. The number of rotatable bonds is 9. The third-order valence-corrected chi connectivity index (χ3v) is 4.72. The third kappa shape index (κ3) is 5.22. The van der Waals surface area contributed by atoms with Gasteiger partial charge >= 0.3 is 5.97 Å². The molecular formula is C23H26N4O6. The van der Waals surface area contributed by atoms with Gasteiger partial charge in [0.1, 0.15) is 5.56 Å². The Morgan fingerprint density at radius 3 is 2.30 bits per heavy atom. The SMILES string of the molecule is COc1cc(NC(=O)COC(=O)c2cnn(-c3ccccn3)c2C(C)C)cc(OC)c1OC. The number of nitrogens with zero attached hydrogens (tertiary/aromatic N) is 3. The van der Waals surface area contributed by atoms with Crippen LogP contribution in [0.4, 0.5) is 5.69 Å². The van der Waals surface area contributed by atoms with Gasteiger partial charge in [-0.25, -0.2) is 14.5 Å². The predicted molar refractivity (Wildman–Crippen MR) is 120 cm³/mol. The van der Waals surface area contributed by atoms with Crippen molar-refractivity contribution in [2.45, 2.75) is 19.8 Å². The van der Waals surface area contributed by atoms with Crippen LogP contribution < -0.4 is 19.5 Å². The highest BCUT2D eigenvalue weighted by atomic mass is 16.5. The Hall–Kier alpha value is -4.08. The number of hydrogen-bond donors (Lipinski definition) is 1. The standard InChI is InChI=1S/C23H26N4O6/c1-14(2)21-16(12-25-27(21)19-8-6-7-9-24-19)23(29)33-13-20(28)26-15-10-17(30-3)22(32-5)18(11-15)31-4/h6-12,14H,13H2,1-5H3,(H,26,28). The Kier molecular flexibility index (Phi) is 7.50. The number of carbonyl (C=O) groups is 2. The molecule has 0 aliphatic heterocycles. The van der Waals surface area contributed by atoms with Gasteiger partial charge in [0, 0.05) is 24.0 Å². The molecule has 0 unspecified atom stereocenters. The van der Waals surface area contributed by atoms with E-state index < -0.39 is 18.5 Å². The van der Waals surface area contributed by atoms with Crippen molar-refractivity contribution in [1.82, 2.24) is 14.8 Å². The van der Waals surface area contributed by atoms with Gasteiger partial charge in [0.15, 0.2) is 23.9 Å². The molecule has 0 saturated carbocycles. The summed E-state index contributed by atoms with van der Waals surface area (Å²) in [6, 6.07) is 8.58. The van der Waals surface area contributed by atoms with Crippen molar-refractivity contribution in [1.29, 1.82) is 0 Å². The van der Waals surface area contributed by atoms with Crippen LogP contribution in [-0.4, -0.2) is 54.6 Å². The average molecular weight is 454 g/mol. The maximum atomic E-state index is 12.7. The minimum absolute atomic E-state index is 0.0369. The number of pyridine rings is 1. The van der Waals surface area contributed by atoms with Gasteiger partial charge in [-0.3, -0.25) is 4.79 Å². The van der Waals surface area contributed by atoms with Crippen LogP contribution >= 0.6 is 0 Å². The first-order valence-corrected chi connectivity index (χ1v) is 10.2. The van der Waals surface area contributed by atoms with Gasteiger partial charge in [-0.2, -0.15) is 5.10 Å². The molecule has 0 aliphatic rings. The monoisotopic (exact) mass is 454 g/mol. The molecule has 0 aliphatic carbocycles. The van der Waals surface area contributed by atoms with E-state index in [4.69, 9.17) is 18.9 Å². The number of methoxy groups -OCH3 is 3. The average Bonchev–Trinajstić information content (AvgIpc) is 3.28. The smallest absolute Gasteiger partial charge is 0.342 e. The second kappa shape index (κ2) is 10.5. The summed E-state index contributed by atoms with van der Waals surface area (Å²) in [4.78, 5) is 29.4. The first kappa shape index (κ1) is 23.6. The molecule has 2 aromatic heterocycles. The summed E-state index contributed by atoms with van der Waals surface area (Å²) in [5, 5.41) is 6.95. The van der Waals surface area contributed by atoms with Crippen molar-refractivity contribution in [2.75, 3.05) is 33.3 Å². The lowest BCUT2D eigenvalue weighted by molar-refractivity contribution is -0.119. The first-order valence-electron chi connectivity index (χ1n) is 10.2. The molecule has 0 atom stereocenters. The number of hydrogen-bond acceptors (Lipinski definition) is 8. The summed E-state index contributed by atoms with van der Waals surface area (Å²) in [7, 11) is 4.43. The zero-order chi connectivity index (χ0) is 24.0. The molecule has 0 saturated heterocycles. The lowest BCUT2D eigenvalue weighted by Crippen LogP contribution is -2.21. The highest BCUT2D eigenvalue weighted by Crippen LogP contribution is 2.39. The number of ether oxygens (including phenoxy) is 4. The van der Waals surface area contributed by atoms with Gasteiger partial charge in [-0.15, -0.1) is 0 Å². The molecule has 1 amide bonds. The Bertz CT molecular complexity index is 1100. The number of esters is 1. The maximum absolute atomic E-state index is 12.7. The van der Waals surface area contributed by atoms with Crippen molar-refractivity contribution in [3.63, 3.8) is 0 Å². The lowest BCUT2D eigenvalue weighted by atomic mass is 10.1. The fourth-order valence-corrected chi connectivity index (χ4v) is 3.29. The lowest BCUT2D eigenvalue weighted by Gasteiger charge is -2.15. The van der Waals surface area contributed by atoms with Crippen LogP contribution in [0.15, 0.2) is 42.7 Å². The summed E-state index contributed by atoms with van der Waals surface area (Å²) in [6.45, 7) is 3.39. The molecule has 2 heterocycles. The fraction of sp³-hybridized carbons (Fsp3) is 0.304. The molecular weight excluding hydrogens is 428 g/mol. The van der Waals surface area contributed by atoms with E-state index in [-0.39, 0.29) is 11.5 Å². The van der Waals surface area contributed by atoms with Crippen molar-refractivity contribution in [3.8, 4) is 23.1 Å². The number of carbonyl (C=O) groups excluding carboxylic acids is 2. The van der Waals surface area contributed by atoms with E-state index in [0.717, 1.165) is 0 Å². The van der Waals surface area contributed by atoms with E-state index in [2.05, 4.69) is 15.4 Å². The van der Waals surface area contributed by atoms with Crippen LogP contribution in [0.2, 0.25) is 0 Å². The molecule has 174 valence electrons. The maximum Gasteiger partial charge on any atom is 0.342 e. The molecule has 10 heteroatoms. The van der Waals surface area contributed by atoms with Gasteiger partial charge in [-0.05, 0) is 18.1 Å². The Morgan fingerprint density at radius 1 is 1.06 bits per heavy atom. The number of amides is 1. The van der Waals surface area contributed by atoms with Gasteiger partial charge in [0.25, 0.3) is 5.91 Å². The van der Waals surface area contributed by atoms with E-state index in [9.17, 15) is 9.59 Å². The van der Waals surface area contributed by atoms with Crippen LogP contribution in [0.3, 0.4) is 0 Å². The molecule has 1 aromatic carbocycles. The van der Waals surface area contributed by atoms with Gasteiger partial charge in [-0.1, -0.05) is 19.9 Å². The van der Waals surface area contributed by atoms with Gasteiger partial charge < -0.3 is 24.3 Å². The first-order chi connectivity index (χ1) is 15.9. The highest BCUT2D eigenvalue weighted by molar-refractivity contribution is 5.96. The van der Waals surface area contributed by atoms with Crippen LogP contribution in [0.25, 0.3) is 5.82 Å². The summed E-state index contributed by atoms with van der Waals surface area (Å²) >= 11 is 0. The largest absolute Gasteiger partial charge is 0.493 e. The fourth-order valence-electron chi connectivity index (χ4n) is 3.29. The molecule has 0 spiro atoms. The second-order valence-electron chi connectivity index (χ2n) is 7.24. The Balaban J connectivity index is 1.72. The minimum atomic E-state index is -0.652. The van der Waals surface area contributed by atoms with Crippen LogP contribution in [0.5, 0.6) is 17.2 Å². The number of nitrogens with one attached hydrogen (secondary N) is 1. The number of anilines is 1. The zero-order valence-electron chi connectivity index (χ0n) is 19.1. The normalized spacial score (nSPS) is 10.6. The van der Waals surface area contributed by atoms with Gasteiger partial charge in [0.05, 0.1) is 33.2 Å². The van der Waals surface area contributed by atoms with E-state index in [1.54, 1.807) is 35.1 Å². The molecule has 1 N–H and O–H groups in total. The molecule has 3 aromatic rings. The third-order valence-electron chi connectivity index (χ3n) is 4.72. The van der Waals surface area contributed by atoms with Crippen LogP contribution in [0.1, 0.15) is 35.8 Å². The van der Waals surface area contributed by atoms with Crippen molar-refractivity contribution < 1.29 is 28.5 Å².